The zero-order valence-corrected chi connectivity index (χ0v) is 11.8. The maximum absolute atomic E-state index is 12.5. The molecule has 1 saturated heterocycles. The number of aliphatic carboxylic acids is 1. The lowest BCUT2D eigenvalue weighted by molar-refractivity contribution is -0.150. The smallest absolute Gasteiger partial charge is 0.329 e. The van der Waals surface area contributed by atoms with Crippen LogP contribution in [0.15, 0.2) is 11.4 Å². The number of carboxylic acid groups (broad SMARTS) is 1. The molecule has 19 heavy (non-hydrogen) atoms. The van der Waals surface area contributed by atoms with Crippen LogP contribution in [0.3, 0.4) is 0 Å². The molecule has 1 amide bonds. The first-order valence-corrected chi connectivity index (χ1v) is 7.05. The zero-order chi connectivity index (χ0) is 14.0. The predicted octanol–water partition coefficient (Wildman–Crippen LogP) is 2.23. The van der Waals surface area contributed by atoms with E-state index in [1.165, 1.54) is 16.2 Å². The highest BCUT2D eigenvalue weighted by Gasteiger charge is 2.44. The minimum Gasteiger partial charge on any atom is -0.496 e. The van der Waals surface area contributed by atoms with Gasteiger partial charge >= 0.3 is 5.97 Å². The molecule has 0 radical (unpaired) electrons. The van der Waals surface area contributed by atoms with Crippen molar-refractivity contribution in [3.8, 4) is 5.75 Å². The molecule has 5 nitrogen and oxygen atoms in total. The van der Waals surface area contributed by atoms with Crippen LogP contribution in [0.2, 0.25) is 0 Å². The molecule has 6 heteroatoms. The van der Waals surface area contributed by atoms with E-state index >= 15 is 0 Å². The van der Waals surface area contributed by atoms with Crippen LogP contribution in [-0.4, -0.2) is 41.1 Å². The Morgan fingerprint density at radius 3 is 2.79 bits per heavy atom. The van der Waals surface area contributed by atoms with Gasteiger partial charge in [-0.1, -0.05) is 0 Å². The SMILES string of the molecule is COc1csc(C(=O)N2CCCCC2(C)C(=O)O)c1. The number of hydrogen-bond acceptors (Lipinski definition) is 4. The lowest BCUT2D eigenvalue weighted by atomic mass is 9.88. The lowest BCUT2D eigenvalue weighted by Gasteiger charge is -2.41. The molecule has 0 spiro atoms. The Morgan fingerprint density at radius 2 is 2.21 bits per heavy atom. The third-order valence-electron chi connectivity index (χ3n) is 3.62. The van der Waals surface area contributed by atoms with Gasteiger partial charge in [-0.25, -0.2) is 4.79 Å². The Hall–Kier alpha value is -1.56. The summed E-state index contributed by atoms with van der Waals surface area (Å²) < 4.78 is 5.06. The highest BCUT2D eigenvalue weighted by atomic mass is 32.1. The molecule has 0 saturated carbocycles. The summed E-state index contributed by atoms with van der Waals surface area (Å²) in [6, 6.07) is 1.66. The van der Waals surface area contributed by atoms with E-state index in [4.69, 9.17) is 4.74 Å². The molecule has 1 unspecified atom stereocenters. The highest BCUT2D eigenvalue weighted by molar-refractivity contribution is 7.12. The van der Waals surface area contributed by atoms with Crippen LogP contribution < -0.4 is 4.74 Å². The largest absolute Gasteiger partial charge is 0.496 e. The first-order chi connectivity index (χ1) is 8.99. The lowest BCUT2D eigenvalue weighted by Crippen LogP contribution is -2.57. The second-order valence-corrected chi connectivity index (χ2v) is 5.75. The third-order valence-corrected chi connectivity index (χ3v) is 4.52. The van der Waals surface area contributed by atoms with Gasteiger partial charge in [-0.3, -0.25) is 4.79 Å². The van der Waals surface area contributed by atoms with E-state index in [2.05, 4.69) is 0 Å². The van der Waals surface area contributed by atoms with Crippen molar-refractivity contribution >= 4 is 23.2 Å². The third kappa shape index (κ3) is 2.45. The van der Waals surface area contributed by atoms with E-state index in [9.17, 15) is 14.7 Å². The van der Waals surface area contributed by atoms with Gasteiger partial charge in [0.05, 0.1) is 12.0 Å². The Balaban J connectivity index is 2.27. The summed E-state index contributed by atoms with van der Waals surface area (Å²) in [5.41, 5.74) is -1.10. The van der Waals surface area contributed by atoms with Crippen LogP contribution in [0.25, 0.3) is 0 Å². The number of amides is 1. The summed E-state index contributed by atoms with van der Waals surface area (Å²) >= 11 is 1.28. The number of nitrogens with zero attached hydrogens (tertiary/aromatic N) is 1. The molecule has 0 bridgehead atoms. The summed E-state index contributed by atoms with van der Waals surface area (Å²) in [6.45, 7) is 2.11. The Kier molecular flexibility index (Phi) is 3.80. The average molecular weight is 283 g/mol. The van der Waals surface area contributed by atoms with Gasteiger partial charge in [-0.15, -0.1) is 11.3 Å². The topological polar surface area (TPSA) is 66.8 Å². The fourth-order valence-electron chi connectivity index (χ4n) is 2.34. The molecular formula is C13H17NO4S. The number of likely N-dealkylation sites (tertiary alicyclic amines) is 1. The van der Waals surface area contributed by atoms with Crippen LogP contribution in [0, 0.1) is 0 Å². The predicted molar refractivity (Wildman–Crippen MR) is 71.8 cm³/mol. The molecular weight excluding hydrogens is 266 g/mol. The summed E-state index contributed by atoms with van der Waals surface area (Å²) in [6.07, 6.45) is 2.17. The van der Waals surface area contributed by atoms with Crippen LogP contribution in [0.1, 0.15) is 35.9 Å². The van der Waals surface area contributed by atoms with E-state index in [1.54, 1.807) is 25.5 Å². The summed E-state index contributed by atoms with van der Waals surface area (Å²) in [7, 11) is 1.54. The number of thiophene rings is 1. The van der Waals surface area contributed by atoms with Crippen molar-refractivity contribution in [1.82, 2.24) is 4.90 Å². The van der Waals surface area contributed by atoms with Crippen LogP contribution in [0.4, 0.5) is 0 Å². The number of hydrogen-bond donors (Lipinski definition) is 1. The Morgan fingerprint density at radius 1 is 1.47 bits per heavy atom. The molecule has 1 atom stereocenters. The minimum atomic E-state index is -1.10. The van der Waals surface area contributed by atoms with Crippen molar-refractivity contribution in [3.05, 3.63) is 16.3 Å². The molecule has 0 aliphatic carbocycles. The van der Waals surface area contributed by atoms with Gasteiger partial charge in [0, 0.05) is 18.0 Å². The van der Waals surface area contributed by atoms with Gasteiger partial charge in [0.1, 0.15) is 11.3 Å². The van der Waals surface area contributed by atoms with E-state index in [0.29, 0.717) is 23.6 Å². The van der Waals surface area contributed by atoms with Crippen molar-refractivity contribution in [2.75, 3.05) is 13.7 Å². The summed E-state index contributed by atoms with van der Waals surface area (Å²) in [5.74, 6) is -0.538. The first kappa shape index (κ1) is 13.9. The number of methoxy groups -OCH3 is 1. The van der Waals surface area contributed by atoms with Crippen molar-refractivity contribution < 1.29 is 19.4 Å². The molecule has 1 aliphatic heterocycles. The molecule has 0 aromatic carbocycles. The quantitative estimate of drug-likeness (QED) is 0.923. The van der Waals surface area contributed by atoms with Crippen molar-refractivity contribution in [2.45, 2.75) is 31.7 Å². The fraction of sp³-hybridized carbons (Fsp3) is 0.538. The molecule has 1 N–H and O–H groups in total. The fourth-order valence-corrected chi connectivity index (χ4v) is 3.14. The van der Waals surface area contributed by atoms with E-state index < -0.39 is 11.5 Å². The van der Waals surface area contributed by atoms with Gasteiger partial charge in [0.2, 0.25) is 0 Å². The summed E-state index contributed by atoms with van der Waals surface area (Å²) in [4.78, 5) is 25.9. The van der Waals surface area contributed by atoms with E-state index in [1.807, 2.05) is 0 Å². The van der Waals surface area contributed by atoms with E-state index in [0.717, 1.165) is 12.8 Å². The number of carboxylic acids is 1. The normalized spacial score (nSPS) is 23.2. The second-order valence-electron chi connectivity index (χ2n) is 4.84. The number of piperidine rings is 1. The second kappa shape index (κ2) is 5.21. The molecule has 1 aromatic heterocycles. The Labute approximate surface area is 115 Å². The van der Waals surface area contributed by atoms with Gasteiger partial charge < -0.3 is 14.7 Å². The minimum absolute atomic E-state index is 0.224. The molecule has 1 aromatic rings. The van der Waals surface area contributed by atoms with Gasteiger partial charge in [0.15, 0.2) is 0 Å². The van der Waals surface area contributed by atoms with Gasteiger partial charge in [-0.05, 0) is 26.2 Å². The number of ether oxygens (including phenoxy) is 1. The van der Waals surface area contributed by atoms with Gasteiger partial charge in [-0.2, -0.15) is 0 Å². The average Bonchev–Trinajstić information content (AvgIpc) is 2.87. The van der Waals surface area contributed by atoms with Gasteiger partial charge in [0.25, 0.3) is 5.91 Å². The van der Waals surface area contributed by atoms with E-state index in [-0.39, 0.29) is 5.91 Å². The first-order valence-electron chi connectivity index (χ1n) is 6.17. The molecule has 1 fully saturated rings. The van der Waals surface area contributed by atoms with Crippen molar-refractivity contribution in [2.24, 2.45) is 0 Å². The Bertz CT molecular complexity index is 499. The standard InChI is InChI=1S/C13H17NO4S/c1-13(12(16)17)5-3-4-6-14(13)11(15)10-7-9(18-2)8-19-10/h7-8H,3-6H2,1-2H3,(H,16,17). The number of carbonyl (C=O) groups excluding carboxylic acids is 1. The highest BCUT2D eigenvalue weighted by Crippen LogP contribution is 2.32. The zero-order valence-electron chi connectivity index (χ0n) is 11.0. The molecule has 104 valence electrons. The molecule has 2 heterocycles. The maximum Gasteiger partial charge on any atom is 0.329 e. The summed E-state index contributed by atoms with van der Waals surface area (Å²) in [5, 5.41) is 11.1. The molecule has 1 aliphatic rings. The number of carbonyl (C=O) groups is 2. The van der Waals surface area contributed by atoms with Crippen molar-refractivity contribution in [1.29, 1.82) is 0 Å². The number of rotatable bonds is 3. The van der Waals surface area contributed by atoms with Crippen molar-refractivity contribution in [3.63, 3.8) is 0 Å². The van der Waals surface area contributed by atoms with Crippen LogP contribution in [0.5, 0.6) is 5.75 Å². The molecule has 2 rings (SSSR count). The maximum atomic E-state index is 12.5. The monoisotopic (exact) mass is 283 g/mol. The van der Waals surface area contributed by atoms with Crippen LogP contribution >= 0.6 is 11.3 Å². The van der Waals surface area contributed by atoms with Crippen LogP contribution in [-0.2, 0) is 4.79 Å².